The lowest BCUT2D eigenvalue weighted by molar-refractivity contribution is -0.122. The Morgan fingerprint density at radius 1 is 1.53 bits per heavy atom. The summed E-state index contributed by atoms with van der Waals surface area (Å²) in [5, 5.41) is 12.1. The van der Waals surface area contributed by atoms with E-state index in [1.165, 1.54) is 0 Å². The van der Waals surface area contributed by atoms with E-state index in [9.17, 15) is 4.79 Å². The maximum absolute atomic E-state index is 11.6. The molecule has 0 heterocycles. The van der Waals surface area contributed by atoms with Gasteiger partial charge in [-0.15, -0.1) is 0 Å². The fraction of sp³-hybridized carbons (Fsp3) is 0.429. The van der Waals surface area contributed by atoms with E-state index in [2.05, 4.69) is 5.32 Å². The topological polar surface area (TPSA) is 56.1 Å². The zero-order chi connectivity index (χ0) is 14.3. The first-order valence-electron chi connectivity index (χ1n) is 6.20. The lowest BCUT2D eigenvalue weighted by atomic mass is 10.1. The molecule has 1 aromatic carbocycles. The number of amides is 1. The second-order valence-electron chi connectivity index (χ2n) is 4.44. The third kappa shape index (κ3) is 5.29. The highest BCUT2D eigenvalue weighted by Gasteiger charge is 2.09. The van der Waals surface area contributed by atoms with Crippen molar-refractivity contribution in [1.29, 1.82) is 5.26 Å². The van der Waals surface area contributed by atoms with Gasteiger partial charge in [0.25, 0.3) is 0 Å². The summed E-state index contributed by atoms with van der Waals surface area (Å²) in [6, 6.07) is 7.23. The SMILES string of the molecule is CCCNC(=O)CN(C)Cc1ccc(C#N)cc1Cl. The van der Waals surface area contributed by atoms with Gasteiger partial charge in [0.15, 0.2) is 0 Å². The van der Waals surface area contributed by atoms with Crippen molar-refractivity contribution in [2.24, 2.45) is 0 Å². The predicted molar refractivity (Wildman–Crippen MR) is 75.8 cm³/mol. The number of benzene rings is 1. The van der Waals surface area contributed by atoms with Crippen LogP contribution in [-0.4, -0.2) is 30.9 Å². The highest BCUT2D eigenvalue weighted by molar-refractivity contribution is 6.31. The van der Waals surface area contributed by atoms with Crippen LogP contribution in [0.4, 0.5) is 0 Å². The number of hydrogen-bond acceptors (Lipinski definition) is 3. The van der Waals surface area contributed by atoms with E-state index in [4.69, 9.17) is 16.9 Å². The van der Waals surface area contributed by atoms with Crippen LogP contribution in [0.3, 0.4) is 0 Å². The molecule has 0 bridgehead atoms. The maximum Gasteiger partial charge on any atom is 0.234 e. The van der Waals surface area contributed by atoms with Gasteiger partial charge in [0.1, 0.15) is 0 Å². The van der Waals surface area contributed by atoms with Crippen molar-refractivity contribution in [1.82, 2.24) is 10.2 Å². The molecular weight excluding hydrogens is 262 g/mol. The van der Waals surface area contributed by atoms with Crippen molar-refractivity contribution in [2.75, 3.05) is 20.1 Å². The quantitative estimate of drug-likeness (QED) is 0.868. The number of nitrogens with zero attached hydrogens (tertiary/aromatic N) is 2. The Balaban J connectivity index is 2.55. The summed E-state index contributed by atoms with van der Waals surface area (Å²) in [6.07, 6.45) is 0.927. The van der Waals surface area contributed by atoms with Gasteiger partial charge in [0.05, 0.1) is 18.2 Å². The van der Waals surface area contributed by atoms with Gasteiger partial charge in [-0.2, -0.15) is 5.26 Å². The van der Waals surface area contributed by atoms with Crippen molar-refractivity contribution in [3.8, 4) is 6.07 Å². The Bertz CT molecular complexity index is 482. The van der Waals surface area contributed by atoms with E-state index in [-0.39, 0.29) is 5.91 Å². The van der Waals surface area contributed by atoms with Gasteiger partial charge in [-0.25, -0.2) is 0 Å². The van der Waals surface area contributed by atoms with Gasteiger partial charge in [-0.3, -0.25) is 9.69 Å². The lowest BCUT2D eigenvalue weighted by Crippen LogP contribution is -2.35. The number of carbonyl (C=O) groups excluding carboxylic acids is 1. The Hall–Kier alpha value is -1.57. The fourth-order valence-corrected chi connectivity index (χ4v) is 1.90. The van der Waals surface area contributed by atoms with Crippen LogP contribution in [0.2, 0.25) is 5.02 Å². The largest absolute Gasteiger partial charge is 0.355 e. The van der Waals surface area contributed by atoms with Crippen molar-refractivity contribution in [3.63, 3.8) is 0 Å². The molecule has 5 heteroatoms. The number of rotatable bonds is 6. The number of nitriles is 1. The van der Waals surface area contributed by atoms with Gasteiger partial charge >= 0.3 is 0 Å². The third-order valence-electron chi connectivity index (χ3n) is 2.61. The molecule has 1 aromatic rings. The fourth-order valence-electron chi connectivity index (χ4n) is 1.66. The summed E-state index contributed by atoms with van der Waals surface area (Å²) in [5.74, 6) is 0.00844. The molecule has 19 heavy (non-hydrogen) atoms. The highest BCUT2D eigenvalue weighted by Crippen LogP contribution is 2.18. The summed E-state index contributed by atoms with van der Waals surface area (Å²) in [5.41, 5.74) is 1.45. The normalized spacial score (nSPS) is 10.3. The molecule has 102 valence electrons. The molecule has 1 N–H and O–H groups in total. The molecule has 4 nitrogen and oxygen atoms in total. The second-order valence-corrected chi connectivity index (χ2v) is 4.85. The Morgan fingerprint density at radius 3 is 2.84 bits per heavy atom. The maximum atomic E-state index is 11.6. The Labute approximate surface area is 119 Å². The monoisotopic (exact) mass is 279 g/mol. The molecule has 0 spiro atoms. The molecule has 0 atom stereocenters. The van der Waals surface area contributed by atoms with Crippen molar-refractivity contribution >= 4 is 17.5 Å². The number of nitrogens with one attached hydrogen (secondary N) is 1. The van der Waals surface area contributed by atoms with E-state index in [1.807, 2.05) is 31.0 Å². The molecule has 0 saturated heterocycles. The minimum atomic E-state index is 0.00844. The number of halogens is 1. The number of hydrogen-bond donors (Lipinski definition) is 1. The molecule has 0 aromatic heterocycles. The number of carbonyl (C=O) groups is 1. The molecular formula is C14H18ClN3O. The predicted octanol–water partition coefficient (Wildman–Crippen LogP) is 2.17. The molecule has 0 aliphatic rings. The van der Waals surface area contributed by atoms with Crippen molar-refractivity contribution in [2.45, 2.75) is 19.9 Å². The molecule has 1 amide bonds. The molecule has 0 saturated carbocycles. The van der Waals surface area contributed by atoms with Gasteiger partial charge in [0.2, 0.25) is 5.91 Å². The summed E-state index contributed by atoms with van der Waals surface area (Å²) < 4.78 is 0. The Morgan fingerprint density at radius 2 is 2.26 bits per heavy atom. The van der Waals surface area contributed by atoms with Crippen LogP contribution in [0.25, 0.3) is 0 Å². The van der Waals surface area contributed by atoms with Gasteiger partial charge in [-0.1, -0.05) is 24.6 Å². The standard InChI is InChI=1S/C14H18ClN3O/c1-3-6-17-14(19)10-18(2)9-12-5-4-11(8-16)7-13(12)15/h4-5,7H,3,6,9-10H2,1-2H3,(H,17,19). The summed E-state index contributed by atoms with van der Waals surface area (Å²) >= 11 is 6.09. The first kappa shape index (κ1) is 15.5. The average molecular weight is 280 g/mol. The van der Waals surface area contributed by atoms with Crippen LogP contribution >= 0.6 is 11.6 Å². The molecule has 0 fully saturated rings. The van der Waals surface area contributed by atoms with E-state index in [0.717, 1.165) is 12.0 Å². The molecule has 0 radical (unpaired) electrons. The van der Waals surface area contributed by atoms with Crippen LogP contribution in [0.15, 0.2) is 18.2 Å². The number of likely N-dealkylation sites (N-methyl/N-ethyl adjacent to an activating group) is 1. The van der Waals surface area contributed by atoms with E-state index in [1.54, 1.807) is 12.1 Å². The highest BCUT2D eigenvalue weighted by atomic mass is 35.5. The summed E-state index contributed by atoms with van der Waals surface area (Å²) in [4.78, 5) is 13.4. The summed E-state index contributed by atoms with van der Waals surface area (Å²) in [6.45, 7) is 3.62. The zero-order valence-corrected chi connectivity index (χ0v) is 12.0. The van der Waals surface area contributed by atoms with Crippen molar-refractivity contribution < 1.29 is 4.79 Å². The molecule has 0 aliphatic carbocycles. The van der Waals surface area contributed by atoms with Crippen LogP contribution in [0.1, 0.15) is 24.5 Å². The van der Waals surface area contributed by atoms with E-state index < -0.39 is 0 Å². The van der Waals surface area contributed by atoms with Crippen molar-refractivity contribution in [3.05, 3.63) is 34.3 Å². The Kier molecular flexibility index (Phi) is 6.34. The zero-order valence-electron chi connectivity index (χ0n) is 11.2. The van der Waals surface area contributed by atoms with Gasteiger partial charge < -0.3 is 5.32 Å². The average Bonchev–Trinajstić information content (AvgIpc) is 2.38. The van der Waals surface area contributed by atoms with Gasteiger partial charge in [-0.05, 0) is 31.2 Å². The second kappa shape index (κ2) is 7.78. The van der Waals surface area contributed by atoms with E-state index >= 15 is 0 Å². The lowest BCUT2D eigenvalue weighted by Gasteiger charge is -2.17. The summed E-state index contributed by atoms with van der Waals surface area (Å²) in [7, 11) is 1.86. The van der Waals surface area contributed by atoms with Crippen LogP contribution in [0.5, 0.6) is 0 Å². The van der Waals surface area contributed by atoms with Crippen LogP contribution < -0.4 is 5.32 Å². The van der Waals surface area contributed by atoms with Gasteiger partial charge in [0, 0.05) is 18.1 Å². The first-order chi connectivity index (χ1) is 9.06. The third-order valence-corrected chi connectivity index (χ3v) is 2.96. The van der Waals surface area contributed by atoms with Crippen LogP contribution in [0, 0.1) is 11.3 Å². The minimum absolute atomic E-state index is 0.00844. The molecule has 0 unspecified atom stereocenters. The van der Waals surface area contributed by atoms with Crippen LogP contribution in [-0.2, 0) is 11.3 Å². The molecule has 1 rings (SSSR count). The first-order valence-corrected chi connectivity index (χ1v) is 6.58. The minimum Gasteiger partial charge on any atom is -0.355 e. The molecule has 0 aliphatic heterocycles. The smallest absolute Gasteiger partial charge is 0.234 e. The van der Waals surface area contributed by atoms with E-state index in [0.29, 0.717) is 30.2 Å².